The molecule has 1 unspecified atom stereocenters. The maximum absolute atomic E-state index is 11.8. The number of phosphoric ester groups is 1. The Labute approximate surface area is 193 Å². The maximum Gasteiger partial charge on any atom is 0.472 e. The van der Waals surface area contributed by atoms with E-state index in [0.717, 1.165) is 12.8 Å². The summed E-state index contributed by atoms with van der Waals surface area (Å²) >= 11 is 0. The fraction of sp³-hybridized carbons (Fsp3) is 0.920. The molecule has 0 saturated carbocycles. The highest BCUT2D eigenvalue weighted by Crippen LogP contribution is 2.43. The Morgan fingerprint density at radius 1 is 0.677 bits per heavy atom. The highest BCUT2D eigenvalue weighted by Gasteiger charge is 2.21. The van der Waals surface area contributed by atoms with Crippen molar-refractivity contribution in [3.63, 3.8) is 0 Å². The second-order valence-electron chi connectivity index (χ2n) is 9.79. The molecule has 1 atom stereocenters. The van der Waals surface area contributed by atoms with Gasteiger partial charge in [0.05, 0.1) is 27.7 Å². The molecule has 0 rings (SSSR count). The third-order valence-electron chi connectivity index (χ3n) is 5.43. The van der Waals surface area contributed by atoms with Gasteiger partial charge in [-0.05, 0) is 32.1 Å². The average molecular weight is 463 g/mol. The van der Waals surface area contributed by atoms with Gasteiger partial charge in [0.2, 0.25) is 0 Å². The van der Waals surface area contributed by atoms with Crippen LogP contribution in [0.1, 0.15) is 110 Å². The molecule has 0 aliphatic carbocycles. The molecule has 186 valence electrons. The first kappa shape index (κ1) is 30.8. The molecule has 1 N–H and O–H groups in total. The number of hydrogen-bond acceptors (Lipinski definition) is 3. The largest absolute Gasteiger partial charge is 0.472 e. The monoisotopic (exact) mass is 462 g/mol. The Balaban J connectivity index is 3.32. The Hall–Kier alpha value is -0.190. The highest BCUT2D eigenvalue weighted by atomic mass is 31.2. The molecule has 31 heavy (non-hydrogen) atoms. The quantitative estimate of drug-likeness (QED) is 0.0733. The van der Waals surface area contributed by atoms with Gasteiger partial charge in [-0.2, -0.15) is 0 Å². The van der Waals surface area contributed by atoms with Crippen LogP contribution in [0.15, 0.2) is 12.2 Å². The molecule has 5 nitrogen and oxygen atoms in total. The van der Waals surface area contributed by atoms with Gasteiger partial charge in [0.25, 0.3) is 0 Å². The lowest BCUT2D eigenvalue weighted by molar-refractivity contribution is -0.870. The fourth-order valence-electron chi connectivity index (χ4n) is 3.35. The zero-order chi connectivity index (χ0) is 23.3. The standard InChI is InChI=1S/C25H52NO4P/c1-5-6-7-8-9-10-11-12-13-14-15-16-17-18-19-20-21-22-24-29-31(27,28)30-25-23-26(2,3)4/h12-13H,5-11,14-25H2,1-4H3/p+1. The van der Waals surface area contributed by atoms with Gasteiger partial charge in [-0.25, -0.2) is 4.57 Å². The van der Waals surface area contributed by atoms with Gasteiger partial charge in [-0.3, -0.25) is 9.05 Å². The minimum absolute atomic E-state index is 0.228. The van der Waals surface area contributed by atoms with Gasteiger partial charge in [0.1, 0.15) is 13.2 Å². The number of nitrogens with zero attached hydrogens (tertiary/aromatic N) is 1. The lowest BCUT2D eigenvalue weighted by atomic mass is 10.1. The van der Waals surface area contributed by atoms with E-state index >= 15 is 0 Å². The Morgan fingerprint density at radius 2 is 1.10 bits per heavy atom. The van der Waals surface area contributed by atoms with Crippen molar-refractivity contribution in [2.75, 3.05) is 40.9 Å². The van der Waals surface area contributed by atoms with E-state index in [1.54, 1.807) is 0 Å². The molecule has 0 radical (unpaired) electrons. The number of allylic oxidation sites excluding steroid dienone is 2. The minimum atomic E-state index is -3.89. The number of rotatable bonds is 23. The molecular weight excluding hydrogens is 409 g/mol. The molecule has 0 aromatic heterocycles. The molecule has 0 spiro atoms. The van der Waals surface area contributed by atoms with E-state index in [-0.39, 0.29) is 6.61 Å². The molecule has 0 amide bonds. The number of phosphoric acid groups is 1. The van der Waals surface area contributed by atoms with Crippen LogP contribution in [0.2, 0.25) is 0 Å². The van der Waals surface area contributed by atoms with E-state index in [1.807, 2.05) is 21.1 Å². The Morgan fingerprint density at radius 3 is 1.58 bits per heavy atom. The van der Waals surface area contributed by atoms with Crippen LogP contribution in [-0.4, -0.2) is 50.3 Å². The van der Waals surface area contributed by atoms with E-state index in [2.05, 4.69) is 19.1 Å². The molecule has 0 bridgehead atoms. The van der Waals surface area contributed by atoms with E-state index < -0.39 is 7.82 Å². The fourth-order valence-corrected chi connectivity index (χ4v) is 4.10. The Bertz CT molecular complexity index is 463. The second-order valence-corrected chi connectivity index (χ2v) is 11.2. The predicted octanol–water partition coefficient (Wildman–Crippen LogP) is 7.64. The topological polar surface area (TPSA) is 55.8 Å². The molecule has 0 aromatic carbocycles. The molecule has 0 aromatic rings. The average Bonchev–Trinajstić information content (AvgIpc) is 2.68. The molecular formula is C25H53NO4P+. The zero-order valence-electron chi connectivity index (χ0n) is 21.2. The van der Waals surface area contributed by atoms with Gasteiger partial charge in [-0.1, -0.05) is 89.7 Å². The van der Waals surface area contributed by atoms with Crippen molar-refractivity contribution in [2.24, 2.45) is 0 Å². The van der Waals surface area contributed by atoms with Crippen LogP contribution in [0.5, 0.6) is 0 Å². The van der Waals surface area contributed by atoms with Gasteiger partial charge in [-0.15, -0.1) is 0 Å². The normalized spacial score (nSPS) is 14.4. The second kappa shape index (κ2) is 20.4. The first-order valence-electron chi connectivity index (χ1n) is 12.8. The van der Waals surface area contributed by atoms with Crippen molar-refractivity contribution >= 4 is 7.82 Å². The van der Waals surface area contributed by atoms with Crippen LogP contribution in [-0.2, 0) is 13.6 Å². The van der Waals surface area contributed by atoms with Gasteiger partial charge in [0.15, 0.2) is 0 Å². The summed E-state index contributed by atoms with van der Waals surface area (Å²) < 4.78 is 22.5. The number of unbranched alkanes of at least 4 members (excludes halogenated alkanes) is 14. The van der Waals surface area contributed by atoms with Crippen LogP contribution in [0.3, 0.4) is 0 Å². The third kappa shape index (κ3) is 25.9. The maximum atomic E-state index is 11.8. The van der Waals surface area contributed by atoms with Crippen molar-refractivity contribution < 1.29 is 23.0 Å². The predicted molar refractivity (Wildman–Crippen MR) is 133 cm³/mol. The van der Waals surface area contributed by atoms with Crippen LogP contribution < -0.4 is 0 Å². The lowest BCUT2D eigenvalue weighted by Crippen LogP contribution is -2.37. The molecule has 0 aliphatic rings. The van der Waals surface area contributed by atoms with Crippen LogP contribution in [0, 0.1) is 0 Å². The SMILES string of the molecule is CCCCCCCCC=CCCCCCCCCCCOP(=O)(O)OCC[N+](C)(C)C. The summed E-state index contributed by atoms with van der Waals surface area (Å²) in [5, 5.41) is 0. The van der Waals surface area contributed by atoms with Crippen molar-refractivity contribution in [1.82, 2.24) is 0 Å². The van der Waals surface area contributed by atoms with Crippen LogP contribution >= 0.6 is 7.82 Å². The smallest absolute Gasteiger partial charge is 0.329 e. The van der Waals surface area contributed by atoms with E-state index in [4.69, 9.17) is 9.05 Å². The van der Waals surface area contributed by atoms with Crippen molar-refractivity contribution in [3.05, 3.63) is 12.2 Å². The molecule has 0 fully saturated rings. The Kier molecular flexibility index (Phi) is 20.3. The van der Waals surface area contributed by atoms with Crippen molar-refractivity contribution in [3.8, 4) is 0 Å². The third-order valence-corrected chi connectivity index (χ3v) is 6.44. The van der Waals surface area contributed by atoms with Crippen LogP contribution in [0.25, 0.3) is 0 Å². The number of hydrogen-bond donors (Lipinski definition) is 1. The number of quaternary nitrogens is 1. The van der Waals surface area contributed by atoms with Gasteiger partial charge >= 0.3 is 7.82 Å². The van der Waals surface area contributed by atoms with Crippen molar-refractivity contribution in [2.45, 2.75) is 110 Å². The van der Waals surface area contributed by atoms with Gasteiger partial charge in [0, 0.05) is 0 Å². The molecule has 6 heteroatoms. The summed E-state index contributed by atoms with van der Waals surface area (Å²) in [6.07, 6.45) is 25.0. The van der Waals surface area contributed by atoms with E-state index in [1.165, 1.54) is 89.9 Å². The lowest BCUT2D eigenvalue weighted by Gasteiger charge is -2.24. The molecule has 0 heterocycles. The van der Waals surface area contributed by atoms with Crippen LogP contribution in [0.4, 0.5) is 0 Å². The number of likely N-dealkylation sites (N-methyl/N-ethyl adjacent to an activating group) is 1. The minimum Gasteiger partial charge on any atom is -0.329 e. The summed E-state index contributed by atoms with van der Waals surface area (Å²) in [6.45, 7) is 3.46. The summed E-state index contributed by atoms with van der Waals surface area (Å²) in [6, 6.07) is 0. The first-order valence-corrected chi connectivity index (χ1v) is 14.3. The first-order chi connectivity index (χ1) is 14.8. The van der Waals surface area contributed by atoms with Gasteiger partial charge < -0.3 is 9.38 Å². The zero-order valence-corrected chi connectivity index (χ0v) is 22.1. The molecule has 0 saturated heterocycles. The summed E-state index contributed by atoms with van der Waals surface area (Å²) in [5.74, 6) is 0. The summed E-state index contributed by atoms with van der Waals surface area (Å²) in [4.78, 5) is 9.65. The van der Waals surface area contributed by atoms with E-state index in [9.17, 15) is 9.46 Å². The highest BCUT2D eigenvalue weighted by molar-refractivity contribution is 7.47. The molecule has 0 aliphatic heterocycles. The summed E-state index contributed by atoms with van der Waals surface area (Å²) in [5.41, 5.74) is 0. The summed E-state index contributed by atoms with van der Waals surface area (Å²) in [7, 11) is 2.16. The van der Waals surface area contributed by atoms with Crippen molar-refractivity contribution in [1.29, 1.82) is 0 Å². The van der Waals surface area contributed by atoms with E-state index in [0.29, 0.717) is 17.6 Å².